The van der Waals surface area contributed by atoms with Crippen LogP contribution < -0.4 is 5.73 Å². The summed E-state index contributed by atoms with van der Waals surface area (Å²) in [5, 5.41) is 0. The summed E-state index contributed by atoms with van der Waals surface area (Å²) in [5.74, 6) is -0.439. The van der Waals surface area contributed by atoms with Crippen molar-refractivity contribution in [1.82, 2.24) is 4.90 Å². The van der Waals surface area contributed by atoms with Gasteiger partial charge in [0.05, 0.1) is 7.11 Å². The second-order valence-corrected chi connectivity index (χ2v) is 2.12. The molecule has 0 aromatic rings. The number of rotatable bonds is 3. The van der Waals surface area contributed by atoms with Crippen LogP contribution in [0, 0.1) is 0 Å². The molecule has 0 spiro atoms. The van der Waals surface area contributed by atoms with Crippen LogP contribution in [0.3, 0.4) is 0 Å². The fourth-order valence-electron chi connectivity index (χ4n) is 0.615. The Hall–Kier alpha value is -1.03. The number of methoxy groups -OCH3 is 1. The van der Waals surface area contributed by atoms with E-state index in [2.05, 4.69) is 4.74 Å². The van der Waals surface area contributed by atoms with Crippen LogP contribution in [0.5, 0.6) is 0 Å². The van der Waals surface area contributed by atoms with Crippen LogP contribution >= 0.6 is 0 Å². The zero-order valence-electron chi connectivity index (χ0n) is 7.07. The van der Waals surface area contributed by atoms with Gasteiger partial charge in [-0.2, -0.15) is 0 Å². The largest absolute Gasteiger partial charge is 0.466 e. The van der Waals surface area contributed by atoms with Crippen LogP contribution in [0.15, 0.2) is 12.3 Å². The highest BCUT2D eigenvalue weighted by molar-refractivity contribution is 5.74. The first-order chi connectivity index (χ1) is 5.13. The van der Waals surface area contributed by atoms with Crippen LogP contribution in [0.2, 0.25) is 0 Å². The third kappa shape index (κ3) is 3.04. The lowest BCUT2D eigenvalue weighted by atomic mass is 10.4. The number of hydrogen-bond acceptors (Lipinski definition) is 4. The maximum absolute atomic E-state index is 10.8. The Kier molecular flexibility index (Phi) is 4.29. The summed E-state index contributed by atoms with van der Waals surface area (Å²) < 4.78 is 4.44. The molecular weight excluding hydrogens is 144 g/mol. The number of nitrogens with two attached hydrogens (primary N) is 1. The van der Waals surface area contributed by atoms with Gasteiger partial charge < -0.3 is 15.4 Å². The summed E-state index contributed by atoms with van der Waals surface area (Å²) >= 11 is 0. The molecule has 0 saturated heterocycles. The van der Waals surface area contributed by atoms with E-state index in [-0.39, 0.29) is 0 Å². The molecule has 0 aliphatic carbocycles. The van der Waals surface area contributed by atoms with E-state index in [1.807, 2.05) is 6.92 Å². The normalized spacial score (nSPS) is 13.1. The highest BCUT2D eigenvalue weighted by Crippen LogP contribution is 1.92. The van der Waals surface area contributed by atoms with E-state index < -0.39 is 12.1 Å². The fourth-order valence-corrected chi connectivity index (χ4v) is 0.615. The number of esters is 1. The molecule has 0 aromatic carbocycles. The quantitative estimate of drug-likeness (QED) is 0.460. The molecule has 0 bridgehead atoms. The van der Waals surface area contributed by atoms with Crippen molar-refractivity contribution in [3.63, 3.8) is 0 Å². The van der Waals surface area contributed by atoms with E-state index >= 15 is 0 Å². The number of likely N-dealkylation sites (N-methyl/N-ethyl adjacent to an activating group) is 1. The first-order valence-electron chi connectivity index (χ1n) is 3.31. The molecule has 4 heteroatoms. The van der Waals surface area contributed by atoms with Gasteiger partial charge in [-0.15, -0.1) is 0 Å². The SMILES string of the molecule is C/C=C\N(C)C(N)C(=O)OC. The minimum Gasteiger partial charge on any atom is -0.466 e. The Bertz CT molecular complexity index is 157. The molecule has 0 saturated carbocycles. The highest BCUT2D eigenvalue weighted by Gasteiger charge is 2.15. The van der Waals surface area contributed by atoms with Crippen molar-refractivity contribution in [1.29, 1.82) is 0 Å². The maximum atomic E-state index is 10.8. The first kappa shape index (κ1) is 9.97. The van der Waals surface area contributed by atoms with Gasteiger partial charge in [-0.05, 0) is 13.1 Å². The molecule has 0 heterocycles. The van der Waals surface area contributed by atoms with Crippen molar-refractivity contribution in [3.8, 4) is 0 Å². The summed E-state index contributed by atoms with van der Waals surface area (Å²) in [6.07, 6.45) is 2.79. The number of carbonyl (C=O) groups is 1. The van der Waals surface area contributed by atoms with Crippen molar-refractivity contribution in [2.24, 2.45) is 5.73 Å². The molecule has 11 heavy (non-hydrogen) atoms. The lowest BCUT2D eigenvalue weighted by Crippen LogP contribution is -2.43. The number of nitrogens with zero attached hydrogens (tertiary/aromatic N) is 1. The van der Waals surface area contributed by atoms with Gasteiger partial charge in [-0.1, -0.05) is 6.08 Å². The molecule has 0 amide bonds. The fraction of sp³-hybridized carbons (Fsp3) is 0.571. The van der Waals surface area contributed by atoms with Crippen LogP contribution in [0.1, 0.15) is 6.92 Å². The minimum atomic E-state index is -0.712. The van der Waals surface area contributed by atoms with Gasteiger partial charge in [-0.25, -0.2) is 4.79 Å². The molecule has 0 fully saturated rings. The van der Waals surface area contributed by atoms with Gasteiger partial charge in [-0.3, -0.25) is 0 Å². The Morgan fingerprint density at radius 3 is 2.64 bits per heavy atom. The molecule has 0 aliphatic heterocycles. The van der Waals surface area contributed by atoms with Crippen molar-refractivity contribution in [2.45, 2.75) is 13.1 Å². The van der Waals surface area contributed by atoms with Crippen molar-refractivity contribution in [3.05, 3.63) is 12.3 Å². The van der Waals surface area contributed by atoms with Crippen molar-refractivity contribution >= 4 is 5.97 Å². The molecule has 0 aromatic heterocycles. The monoisotopic (exact) mass is 158 g/mol. The third-order valence-corrected chi connectivity index (χ3v) is 1.27. The smallest absolute Gasteiger partial charge is 0.343 e. The molecular formula is C7H14N2O2. The summed E-state index contributed by atoms with van der Waals surface area (Å²) in [5.41, 5.74) is 5.46. The van der Waals surface area contributed by atoms with Gasteiger partial charge in [0.1, 0.15) is 0 Å². The molecule has 0 aliphatic rings. The molecule has 0 rings (SSSR count). The number of ether oxygens (including phenoxy) is 1. The van der Waals surface area contributed by atoms with Crippen LogP contribution in [-0.2, 0) is 9.53 Å². The second kappa shape index (κ2) is 4.73. The standard InChI is InChI=1S/C7H14N2O2/c1-4-5-9(2)6(8)7(10)11-3/h4-6H,8H2,1-3H3/b5-4-. The second-order valence-electron chi connectivity index (χ2n) is 2.12. The zero-order chi connectivity index (χ0) is 8.85. The molecule has 64 valence electrons. The Labute approximate surface area is 66.6 Å². The highest BCUT2D eigenvalue weighted by atomic mass is 16.5. The number of carbonyl (C=O) groups excluding carboxylic acids is 1. The average molecular weight is 158 g/mol. The molecule has 1 unspecified atom stereocenters. The summed E-state index contributed by atoms with van der Waals surface area (Å²) in [7, 11) is 3.02. The van der Waals surface area contributed by atoms with Crippen LogP contribution in [-0.4, -0.2) is 31.2 Å². The maximum Gasteiger partial charge on any atom is 0.343 e. The van der Waals surface area contributed by atoms with E-state index in [1.54, 1.807) is 24.2 Å². The number of hydrogen-bond donors (Lipinski definition) is 1. The summed E-state index contributed by atoms with van der Waals surface area (Å²) in [6, 6.07) is 0. The Balaban J connectivity index is 4.01. The summed E-state index contributed by atoms with van der Waals surface area (Å²) in [6.45, 7) is 1.85. The zero-order valence-corrected chi connectivity index (χ0v) is 7.07. The number of allylic oxidation sites excluding steroid dienone is 1. The van der Waals surface area contributed by atoms with Crippen LogP contribution in [0.4, 0.5) is 0 Å². The predicted molar refractivity (Wildman–Crippen MR) is 42.6 cm³/mol. The average Bonchev–Trinajstić information content (AvgIpc) is 2.02. The van der Waals surface area contributed by atoms with Crippen LogP contribution in [0.25, 0.3) is 0 Å². The molecule has 4 nitrogen and oxygen atoms in total. The van der Waals surface area contributed by atoms with Gasteiger partial charge in [0.15, 0.2) is 6.17 Å². The lowest BCUT2D eigenvalue weighted by molar-refractivity contribution is -0.145. The van der Waals surface area contributed by atoms with Gasteiger partial charge in [0.2, 0.25) is 0 Å². The first-order valence-corrected chi connectivity index (χ1v) is 3.31. The predicted octanol–water partition coefficient (Wildman–Crippen LogP) is -0.0904. The molecule has 0 radical (unpaired) electrons. The van der Waals surface area contributed by atoms with E-state index in [4.69, 9.17) is 5.73 Å². The molecule has 2 N–H and O–H groups in total. The minimum absolute atomic E-state index is 0.439. The van der Waals surface area contributed by atoms with Gasteiger partial charge >= 0.3 is 5.97 Å². The van der Waals surface area contributed by atoms with E-state index in [0.29, 0.717) is 0 Å². The van der Waals surface area contributed by atoms with E-state index in [1.165, 1.54) is 7.11 Å². The Morgan fingerprint density at radius 2 is 2.27 bits per heavy atom. The lowest BCUT2D eigenvalue weighted by Gasteiger charge is -2.19. The van der Waals surface area contributed by atoms with E-state index in [0.717, 1.165) is 0 Å². The van der Waals surface area contributed by atoms with Gasteiger partial charge in [0.25, 0.3) is 0 Å². The molecule has 1 atom stereocenters. The summed E-state index contributed by atoms with van der Waals surface area (Å²) in [4.78, 5) is 12.4. The van der Waals surface area contributed by atoms with Gasteiger partial charge in [0, 0.05) is 7.05 Å². The topological polar surface area (TPSA) is 55.6 Å². The third-order valence-electron chi connectivity index (χ3n) is 1.27. The van der Waals surface area contributed by atoms with Crippen molar-refractivity contribution in [2.75, 3.05) is 14.2 Å². The Morgan fingerprint density at radius 1 is 1.73 bits per heavy atom. The van der Waals surface area contributed by atoms with E-state index in [9.17, 15) is 4.79 Å². The van der Waals surface area contributed by atoms with Crippen molar-refractivity contribution < 1.29 is 9.53 Å².